The lowest BCUT2D eigenvalue weighted by Gasteiger charge is -2.18. The summed E-state index contributed by atoms with van der Waals surface area (Å²) < 4.78 is 5.30. The van der Waals surface area contributed by atoms with Gasteiger partial charge in [0.05, 0.1) is 24.2 Å². The lowest BCUT2D eigenvalue weighted by atomic mass is 10.3. The summed E-state index contributed by atoms with van der Waals surface area (Å²) in [5, 5.41) is 9.61. The van der Waals surface area contributed by atoms with Crippen LogP contribution < -0.4 is 9.64 Å². The second-order valence-electron chi connectivity index (χ2n) is 4.43. The van der Waals surface area contributed by atoms with E-state index in [0.29, 0.717) is 18.2 Å². The predicted molar refractivity (Wildman–Crippen MR) is 68.9 cm³/mol. The van der Waals surface area contributed by atoms with Crippen LogP contribution in [-0.4, -0.2) is 41.4 Å². The number of aromatic nitrogens is 2. The number of aliphatic hydroxyl groups excluding tert-OH is 1. The predicted octanol–water partition coefficient (Wildman–Crippen LogP) is 1.21. The molecular weight excluding hydrogens is 230 g/mol. The molecule has 0 saturated carbocycles. The van der Waals surface area contributed by atoms with Gasteiger partial charge in [-0.1, -0.05) is 12.1 Å². The fraction of sp³-hybridized carbons (Fsp3) is 0.385. The Balaban J connectivity index is 2.09. The van der Waals surface area contributed by atoms with Crippen LogP contribution >= 0.6 is 0 Å². The molecule has 1 fully saturated rings. The Bertz CT molecular complexity index is 573. The summed E-state index contributed by atoms with van der Waals surface area (Å²) in [6.07, 6.45) is 0.473. The van der Waals surface area contributed by atoms with Crippen molar-refractivity contribution in [3.8, 4) is 5.88 Å². The number of hydrogen-bond acceptors (Lipinski definition) is 5. The first-order chi connectivity index (χ1) is 8.78. The number of anilines is 1. The van der Waals surface area contributed by atoms with E-state index in [-0.39, 0.29) is 6.10 Å². The van der Waals surface area contributed by atoms with Gasteiger partial charge in [-0.25, -0.2) is 9.97 Å². The summed E-state index contributed by atoms with van der Waals surface area (Å²) in [6.45, 7) is 1.37. The van der Waals surface area contributed by atoms with Crippen molar-refractivity contribution in [3.63, 3.8) is 0 Å². The molecule has 1 aliphatic rings. The fourth-order valence-electron chi connectivity index (χ4n) is 2.25. The van der Waals surface area contributed by atoms with Gasteiger partial charge in [0.25, 0.3) is 5.88 Å². The molecule has 94 valence electrons. The van der Waals surface area contributed by atoms with Gasteiger partial charge in [0.15, 0.2) is 5.82 Å². The van der Waals surface area contributed by atoms with Crippen LogP contribution in [0.5, 0.6) is 5.88 Å². The van der Waals surface area contributed by atoms with E-state index in [1.54, 1.807) is 7.11 Å². The first kappa shape index (κ1) is 11.2. The van der Waals surface area contributed by atoms with Crippen molar-refractivity contribution in [1.29, 1.82) is 0 Å². The SMILES string of the molecule is COc1nc2ccccc2nc1N1CCC(O)C1. The number of aliphatic hydroxyl groups is 1. The quantitative estimate of drug-likeness (QED) is 0.861. The molecule has 1 atom stereocenters. The minimum atomic E-state index is -0.289. The fourth-order valence-corrected chi connectivity index (χ4v) is 2.25. The van der Waals surface area contributed by atoms with Crippen molar-refractivity contribution < 1.29 is 9.84 Å². The molecule has 0 radical (unpaired) electrons. The average Bonchev–Trinajstić information content (AvgIpc) is 2.83. The number of benzene rings is 1. The van der Waals surface area contributed by atoms with E-state index in [0.717, 1.165) is 24.0 Å². The van der Waals surface area contributed by atoms with Crippen LogP contribution in [0.25, 0.3) is 11.0 Å². The van der Waals surface area contributed by atoms with Gasteiger partial charge in [-0.3, -0.25) is 0 Å². The van der Waals surface area contributed by atoms with Crippen molar-refractivity contribution in [2.24, 2.45) is 0 Å². The maximum absolute atomic E-state index is 9.61. The van der Waals surface area contributed by atoms with E-state index in [1.807, 2.05) is 29.2 Å². The summed E-state index contributed by atoms with van der Waals surface area (Å²) in [7, 11) is 1.59. The van der Waals surface area contributed by atoms with Crippen LogP contribution in [-0.2, 0) is 0 Å². The molecule has 1 unspecified atom stereocenters. The lowest BCUT2D eigenvalue weighted by molar-refractivity contribution is 0.198. The summed E-state index contributed by atoms with van der Waals surface area (Å²) in [5.74, 6) is 1.23. The molecule has 3 rings (SSSR count). The molecule has 2 aromatic rings. The standard InChI is InChI=1S/C13H15N3O2/c1-18-13-12(16-7-6-9(17)8-16)14-10-4-2-3-5-11(10)15-13/h2-5,9,17H,6-8H2,1H3. The Hall–Kier alpha value is -1.88. The third-order valence-electron chi connectivity index (χ3n) is 3.18. The molecule has 0 amide bonds. The van der Waals surface area contributed by atoms with Crippen LogP contribution in [0.3, 0.4) is 0 Å². The Morgan fingerprint density at radius 3 is 2.61 bits per heavy atom. The number of methoxy groups -OCH3 is 1. The van der Waals surface area contributed by atoms with Gasteiger partial charge in [-0.15, -0.1) is 0 Å². The third-order valence-corrected chi connectivity index (χ3v) is 3.18. The van der Waals surface area contributed by atoms with Gasteiger partial charge in [0, 0.05) is 13.1 Å². The normalized spacial score (nSPS) is 19.4. The summed E-state index contributed by atoms with van der Waals surface area (Å²) in [4.78, 5) is 11.1. The van der Waals surface area contributed by atoms with Gasteiger partial charge in [-0.05, 0) is 18.6 Å². The molecule has 5 heteroatoms. The first-order valence-corrected chi connectivity index (χ1v) is 6.01. The van der Waals surface area contributed by atoms with Crippen molar-refractivity contribution in [2.75, 3.05) is 25.1 Å². The summed E-state index contributed by atoms with van der Waals surface area (Å²) >= 11 is 0. The number of hydrogen-bond donors (Lipinski definition) is 1. The molecule has 1 aliphatic heterocycles. The molecule has 0 spiro atoms. The summed E-state index contributed by atoms with van der Waals surface area (Å²) in [5.41, 5.74) is 1.66. The molecular formula is C13H15N3O2. The van der Waals surface area contributed by atoms with E-state index in [1.165, 1.54) is 0 Å². The zero-order chi connectivity index (χ0) is 12.5. The van der Waals surface area contributed by atoms with Crippen LogP contribution in [0.1, 0.15) is 6.42 Å². The molecule has 18 heavy (non-hydrogen) atoms. The molecule has 1 aromatic carbocycles. The largest absolute Gasteiger partial charge is 0.478 e. The van der Waals surface area contributed by atoms with E-state index < -0.39 is 0 Å². The van der Waals surface area contributed by atoms with Crippen LogP contribution in [0, 0.1) is 0 Å². The number of nitrogens with zero attached hydrogens (tertiary/aromatic N) is 3. The molecule has 1 aromatic heterocycles. The van der Waals surface area contributed by atoms with E-state index in [9.17, 15) is 5.11 Å². The van der Waals surface area contributed by atoms with Crippen molar-refractivity contribution in [2.45, 2.75) is 12.5 Å². The average molecular weight is 245 g/mol. The Labute approximate surface area is 105 Å². The van der Waals surface area contributed by atoms with Crippen LogP contribution in [0.4, 0.5) is 5.82 Å². The number of fused-ring (bicyclic) bond motifs is 1. The van der Waals surface area contributed by atoms with Crippen molar-refractivity contribution >= 4 is 16.9 Å². The highest BCUT2D eigenvalue weighted by molar-refractivity contribution is 5.77. The van der Waals surface area contributed by atoms with Crippen molar-refractivity contribution in [1.82, 2.24) is 9.97 Å². The smallest absolute Gasteiger partial charge is 0.257 e. The number of para-hydroxylation sites is 2. The van der Waals surface area contributed by atoms with Gasteiger partial charge in [0.1, 0.15) is 0 Å². The van der Waals surface area contributed by atoms with Gasteiger partial charge in [-0.2, -0.15) is 0 Å². The zero-order valence-electron chi connectivity index (χ0n) is 10.2. The molecule has 5 nitrogen and oxygen atoms in total. The van der Waals surface area contributed by atoms with Crippen LogP contribution in [0.2, 0.25) is 0 Å². The minimum Gasteiger partial charge on any atom is -0.478 e. The number of β-amino-alcohol motifs (C(OH)–C–C–N with tert-alkyl or cyclic N) is 1. The highest BCUT2D eigenvalue weighted by Gasteiger charge is 2.25. The van der Waals surface area contributed by atoms with E-state index >= 15 is 0 Å². The zero-order valence-corrected chi connectivity index (χ0v) is 10.2. The van der Waals surface area contributed by atoms with Gasteiger partial charge in [0.2, 0.25) is 0 Å². The molecule has 0 bridgehead atoms. The van der Waals surface area contributed by atoms with E-state index in [2.05, 4.69) is 9.97 Å². The second-order valence-corrected chi connectivity index (χ2v) is 4.43. The lowest BCUT2D eigenvalue weighted by Crippen LogP contribution is -2.23. The third kappa shape index (κ3) is 1.86. The number of rotatable bonds is 2. The van der Waals surface area contributed by atoms with E-state index in [4.69, 9.17) is 4.74 Å². The Morgan fingerprint density at radius 2 is 2.00 bits per heavy atom. The first-order valence-electron chi connectivity index (χ1n) is 6.01. The molecule has 1 saturated heterocycles. The second kappa shape index (κ2) is 4.42. The van der Waals surface area contributed by atoms with Crippen molar-refractivity contribution in [3.05, 3.63) is 24.3 Å². The van der Waals surface area contributed by atoms with Crippen LogP contribution in [0.15, 0.2) is 24.3 Å². The topological polar surface area (TPSA) is 58.5 Å². The maximum Gasteiger partial charge on any atom is 0.257 e. The minimum absolute atomic E-state index is 0.289. The molecule has 0 aliphatic carbocycles. The molecule has 2 heterocycles. The van der Waals surface area contributed by atoms with Gasteiger partial charge >= 0.3 is 0 Å². The Kier molecular flexibility index (Phi) is 2.76. The monoisotopic (exact) mass is 245 g/mol. The van der Waals surface area contributed by atoms with Gasteiger partial charge < -0.3 is 14.7 Å². The highest BCUT2D eigenvalue weighted by atomic mass is 16.5. The molecule has 1 N–H and O–H groups in total. The number of ether oxygens (including phenoxy) is 1. The summed E-state index contributed by atoms with van der Waals surface area (Å²) in [6, 6.07) is 7.70. The maximum atomic E-state index is 9.61. The highest BCUT2D eigenvalue weighted by Crippen LogP contribution is 2.29. The Morgan fingerprint density at radius 1 is 1.28 bits per heavy atom.